The largest absolute Gasteiger partial charge is 0.493 e. The van der Waals surface area contributed by atoms with Crippen LogP contribution in [0.2, 0.25) is 0 Å². The molecule has 0 saturated carbocycles. The molecule has 0 fully saturated rings. The highest BCUT2D eigenvalue weighted by Gasteiger charge is 2.13. The summed E-state index contributed by atoms with van der Waals surface area (Å²) >= 11 is 0. The molecule has 149 valence electrons. The van der Waals surface area contributed by atoms with Gasteiger partial charge in [0.25, 0.3) is 10.0 Å². The molecule has 0 amide bonds. The number of sulfonamides is 1. The Hall–Kier alpha value is -3.09. The Morgan fingerprint density at radius 1 is 1.07 bits per heavy atom. The van der Waals surface area contributed by atoms with Crippen LogP contribution in [0.4, 0.5) is 5.69 Å². The molecule has 0 aliphatic heterocycles. The summed E-state index contributed by atoms with van der Waals surface area (Å²) in [6.45, 7) is 0.375. The fraction of sp³-hybridized carbons (Fsp3) is 0.130. The van der Waals surface area contributed by atoms with Crippen LogP contribution in [0.5, 0.6) is 5.75 Å². The molecule has 0 spiro atoms. The highest BCUT2D eigenvalue weighted by Crippen LogP contribution is 2.18. The van der Waals surface area contributed by atoms with Crippen LogP contribution in [0.1, 0.15) is 12.0 Å². The van der Waals surface area contributed by atoms with Crippen molar-refractivity contribution in [1.82, 2.24) is 0 Å². The predicted octanol–water partition coefficient (Wildman–Crippen LogP) is 4.13. The Balaban J connectivity index is 1.56. The molecule has 6 heteroatoms. The number of rotatable bonds is 9. The summed E-state index contributed by atoms with van der Waals surface area (Å²) in [4.78, 5) is 0.201. The van der Waals surface area contributed by atoms with Crippen molar-refractivity contribution in [2.75, 3.05) is 11.3 Å². The van der Waals surface area contributed by atoms with E-state index in [2.05, 4.69) is 10.8 Å². The SMILES string of the molecule is O=S(=O)(Nc1cccc(/C=C/[C@H](O)CCOc2c[c]ccc2)c1)c1ccccc1. The van der Waals surface area contributed by atoms with Gasteiger partial charge in [-0.05, 0) is 48.0 Å². The maximum atomic E-state index is 12.4. The van der Waals surface area contributed by atoms with Gasteiger partial charge in [0.15, 0.2) is 0 Å². The van der Waals surface area contributed by atoms with Crippen LogP contribution in [-0.2, 0) is 10.0 Å². The first-order chi connectivity index (χ1) is 14.0. The van der Waals surface area contributed by atoms with Crippen LogP contribution in [-0.4, -0.2) is 26.2 Å². The van der Waals surface area contributed by atoms with Crippen molar-refractivity contribution < 1.29 is 18.3 Å². The second-order valence-electron chi connectivity index (χ2n) is 6.35. The molecule has 0 unspecified atom stereocenters. The first-order valence-corrected chi connectivity index (χ1v) is 10.6. The number of aliphatic hydroxyl groups is 1. The van der Waals surface area contributed by atoms with E-state index in [-0.39, 0.29) is 4.90 Å². The van der Waals surface area contributed by atoms with Crippen LogP contribution >= 0.6 is 0 Å². The van der Waals surface area contributed by atoms with Crippen molar-refractivity contribution in [2.24, 2.45) is 0 Å². The number of hydrogen-bond donors (Lipinski definition) is 2. The quantitative estimate of drug-likeness (QED) is 0.558. The van der Waals surface area contributed by atoms with Gasteiger partial charge in [0, 0.05) is 12.1 Å². The second kappa shape index (κ2) is 9.91. The molecular formula is C23H22NO4S. The number of aliphatic hydroxyl groups excluding tert-OH is 1. The topological polar surface area (TPSA) is 75.6 Å². The van der Waals surface area contributed by atoms with E-state index in [4.69, 9.17) is 4.74 Å². The third-order valence-corrected chi connectivity index (χ3v) is 5.46. The average Bonchev–Trinajstić information content (AvgIpc) is 2.74. The van der Waals surface area contributed by atoms with Crippen LogP contribution in [0.15, 0.2) is 89.8 Å². The van der Waals surface area contributed by atoms with Crippen LogP contribution in [0, 0.1) is 6.07 Å². The molecule has 0 heterocycles. The normalized spacial score (nSPS) is 12.6. The van der Waals surface area contributed by atoms with Crippen molar-refractivity contribution in [2.45, 2.75) is 17.4 Å². The first kappa shape index (κ1) is 20.6. The van der Waals surface area contributed by atoms with Crippen LogP contribution in [0.3, 0.4) is 0 Å². The smallest absolute Gasteiger partial charge is 0.261 e. The van der Waals surface area contributed by atoms with E-state index in [1.165, 1.54) is 12.1 Å². The number of nitrogens with one attached hydrogen (secondary N) is 1. The van der Waals surface area contributed by atoms with Crippen molar-refractivity contribution in [3.8, 4) is 5.75 Å². The molecule has 0 bridgehead atoms. The number of ether oxygens (including phenoxy) is 1. The van der Waals surface area contributed by atoms with Gasteiger partial charge in [0.1, 0.15) is 5.75 Å². The van der Waals surface area contributed by atoms with Crippen molar-refractivity contribution in [3.05, 3.63) is 96.6 Å². The minimum atomic E-state index is -3.64. The van der Waals surface area contributed by atoms with Gasteiger partial charge >= 0.3 is 0 Å². The van der Waals surface area contributed by atoms with E-state index in [0.29, 0.717) is 24.5 Å². The van der Waals surface area contributed by atoms with E-state index in [1.807, 2.05) is 18.2 Å². The summed E-state index contributed by atoms with van der Waals surface area (Å²) in [5, 5.41) is 10.1. The lowest BCUT2D eigenvalue weighted by atomic mass is 10.1. The standard InChI is InChI=1S/C23H22NO4S/c25-21(16-17-28-22-10-3-1-4-11-22)15-14-19-8-7-9-20(18-19)24-29(26,27)23-12-5-2-6-13-23/h1-3,5-15,18,21,24-25H,16-17H2/b15-14+/t21-/m0/s1. The van der Waals surface area contributed by atoms with Gasteiger partial charge in [-0.15, -0.1) is 0 Å². The molecule has 1 atom stereocenters. The molecule has 1 radical (unpaired) electrons. The minimum absolute atomic E-state index is 0.201. The van der Waals surface area contributed by atoms with Crippen molar-refractivity contribution >= 4 is 21.8 Å². The predicted molar refractivity (Wildman–Crippen MR) is 114 cm³/mol. The number of hydrogen-bond acceptors (Lipinski definition) is 4. The summed E-state index contributed by atoms with van der Waals surface area (Å²) in [5.41, 5.74) is 1.23. The Kier molecular flexibility index (Phi) is 7.05. The monoisotopic (exact) mass is 408 g/mol. The minimum Gasteiger partial charge on any atom is -0.493 e. The lowest BCUT2D eigenvalue weighted by Gasteiger charge is -2.09. The third kappa shape index (κ3) is 6.48. The fourth-order valence-corrected chi connectivity index (χ4v) is 3.67. The molecular weight excluding hydrogens is 386 g/mol. The van der Waals surface area contributed by atoms with E-state index < -0.39 is 16.1 Å². The van der Waals surface area contributed by atoms with E-state index in [1.54, 1.807) is 60.7 Å². The Morgan fingerprint density at radius 2 is 1.90 bits per heavy atom. The van der Waals surface area contributed by atoms with Gasteiger partial charge in [-0.3, -0.25) is 4.72 Å². The van der Waals surface area contributed by atoms with E-state index in [0.717, 1.165) is 5.56 Å². The summed E-state index contributed by atoms with van der Waals surface area (Å²) < 4.78 is 33.0. The molecule has 29 heavy (non-hydrogen) atoms. The zero-order chi connectivity index (χ0) is 20.5. The zero-order valence-corrected chi connectivity index (χ0v) is 16.5. The first-order valence-electron chi connectivity index (χ1n) is 9.16. The molecule has 2 N–H and O–H groups in total. The van der Waals surface area contributed by atoms with Crippen molar-refractivity contribution in [3.63, 3.8) is 0 Å². The number of benzene rings is 3. The molecule has 0 aliphatic carbocycles. The summed E-state index contributed by atoms with van der Waals surface area (Å²) in [6, 6.07) is 25.3. The summed E-state index contributed by atoms with van der Waals surface area (Å²) in [5.74, 6) is 0.710. The van der Waals surface area contributed by atoms with Crippen LogP contribution < -0.4 is 9.46 Å². The molecule has 3 aromatic rings. The second-order valence-corrected chi connectivity index (χ2v) is 8.03. The van der Waals surface area contributed by atoms with Gasteiger partial charge in [-0.25, -0.2) is 8.42 Å². The van der Waals surface area contributed by atoms with Gasteiger partial charge in [0.2, 0.25) is 0 Å². The highest BCUT2D eigenvalue weighted by molar-refractivity contribution is 7.92. The maximum Gasteiger partial charge on any atom is 0.261 e. The molecule has 3 rings (SSSR count). The van der Waals surface area contributed by atoms with E-state index in [9.17, 15) is 13.5 Å². The number of anilines is 1. The molecule has 0 aliphatic rings. The lowest BCUT2D eigenvalue weighted by molar-refractivity contribution is 0.179. The molecule has 3 aromatic carbocycles. The van der Waals surface area contributed by atoms with Gasteiger partial charge in [0.05, 0.1) is 17.6 Å². The Labute approximate surface area is 171 Å². The Bertz CT molecular complexity index is 1030. The lowest BCUT2D eigenvalue weighted by Crippen LogP contribution is -2.12. The molecule has 0 saturated heterocycles. The van der Waals surface area contributed by atoms with Crippen LogP contribution in [0.25, 0.3) is 6.08 Å². The summed E-state index contributed by atoms with van der Waals surface area (Å²) in [6.07, 6.45) is 3.17. The van der Waals surface area contributed by atoms with Crippen molar-refractivity contribution in [1.29, 1.82) is 0 Å². The average molecular weight is 408 g/mol. The summed E-state index contributed by atoms with van der Waals surface area (Å²) in [7, 11) is -3.64. The molecule has 0 aromatic heterocycles. The van der Waals surface area contributed by atoms with Gasteiger partial charge < -0.3 is 9.84 Å². The molecule has 5 nitrogen and oxygen atoms in total. The van der Waals surface area contributed by atoms with Gasteiger partial charge in [-0.2, -0.15) is 0 Å². The third-order valence-electron chi connectivity index (χ3n) is 4.06. The van der Waals surface area contributed by atoms with E-state index >= 15 is 0 Å². The van der Waals surface area contributed by atoms with Gasteiger partial charge in [-0.1, -0.05) is 54.6 Å². The maximum absolute atomic E-state index is 12.4. The zero-order valence-electron chi connectivity index (χ0n) is 15.7. The highest BCUT2D eigenvalue weighted by atomic mass is 32.2. The Morgan fingerprint density at radius 3 is 2.66 bits per heavy atom. The fourth-order valence-electron chi connectivity index (χ4n) is 2.60.